The van der Waals surface area contributed by atoms with E-state index in [1.165, 1.54) is 76.0 Å². The third-order valence-corrected chi connectivity index (χ3v) is 17.1. The third-order valence-electron chi connectivity index (χ3n) is 17.1. The predicted molar refractivity (Wildman–Crippen MR) is 539 cm³/mol. The van der Waals surface area contributed by atoms with Crippen molar-refractivity contribution >= 4 is 41.0 Å². The Labute approximate surface area is 823 Å². The van der Waals surface area contributed by atoms with E-state index in [0.717, 1.165) is 62.3 Å². The first kappa shape index (κ1) is 90.5. The lowest BCUT2D eigenvalue weighted by atomic mass is 10.0. The number of rotatable bonds is 28. The standard InChI is InChI=1S/C18H23NO.4C10H12O2.C9H10O3.C8H11N.3C7H8O.C6H15N.C4H6N2.C4H6O3.H2O/c1-14(13-16-9-11-18(20-3)12-10-16)19-15(2)17-7-5-4-6-8-17;4*1-8(11)7-9-3-5-10(12-2)6-4-9;1-12-8-4-2-7(3-5-8)6-9(10)11;1-7(9)8-5-3-2-4-6-8;3*1-8-7-5-3-2-4-6-7;1-4-7(5-2)6-3;1-6-3-2-5-4-6;1-3(5)7-4(2)6;/h4-12,14-15,19H,13H2,1-3H3;4*3-6H,7H2,1-2H3;2-5H,6H2,1H3,(H,10,11);2-7H,9H2,1H3;3*2-6H,1H3;4-6H2,1-3H3;2-4H,1H3;1-2H3;1H2/t14-,15-;;;;;;7-;;;;;;;/m1.....1......./s1/i14D;1D3,7D2;;;;;;1D3,2D,3D,4D,5D,6D;1D3;;;;;/hD2. The van der Waals surface area contributed by atoms with Crippen LogP contribution in [0.1, 0.15) is 163 Å². The number of hydrogen-bond donors (Lipinski definition) is 3. The van der Waals surface area contributed by atoms with Gasteiger partial charge in [-0.15, -0.1) is 0 Å². The number of carboxylic acids is 1. The van der Waals surface area contributed by atoms with Gasteiger partial charge in [0.15, 0.2) is 0 Å². The molecule has 0 spiro atoms. The zero-order valence-corrected chi connectivity index (χ0v) is 80.2. The van der Waals surface area contributed by atoms with Gasteiger partial charge in [-0.3, -0.25) is 33.6 Å². The van der Waals surface area contributed by atoms with E-state index < -0.39 is 93.0 Å². The molecule has 0 fully saturated rings. The first-order valence-electron chi connectivity index (χ1n) is 51.3. The van der Waals surface area contributed by atoms with Crippen molar-refractivity contribution in [3.05, 3.63) is 360 Å². The summed E-state index contributed by atoms with van der Waals surface area (Å²) in [4.78, 5) is 79.8. The van der Waals surface area contributed by atoms with Gasteiger partial charge >= 0.3 is 17.9 Å². The number of nitrogens with zero attached hydrogens (tertiary/aromatic N) is 3. The minimum Gasteiger partial charge on any atom is -0.497 e. The van der Waals surface area contributed by atoms with Crippen molar-refractivity contribution in [3.8, 4) is 51.7 Å². The number of Topliss-reactive ketones (excluding diaryl/α,β-unsaturated/α-hetero) is 4. The summed E-state index contributed by atoms with van der Waals surface area (Å²) >= 11 is 0. The number of carboxylic acid groups (broad SMARTS) is 1. The second-order valence-electron chi connectivity index (χ2n) is 28.0. The molecular weight excluding hydrogens is 1700 g/mol. The topological polar surface area (TPSA) is 323 Å². The molecule has 1 heterocycles. The van der Waals surface area contributed by atoms with Crippen LogP contribution in [0.15, 0.2) is 316 Å². The van der Waals surface area contributed by atoms with Gasteiger partial charge in [0.1, 0.15) is 74.9 Å². The first-order chi connectivity index (χ1) is 71.8. The van der Waals surface area contributed by atoms with Crippen LogP contribution >= 0.6 is 0 Å². The number of ketones is 4. The van der Waals surface area contributed by atoms with E-state index in [9.17, 15) is 33.6 Å². The van der Waals surface area contributed by atoms with Crippen molar-refractivity contribution in [2.75, 3.05) is 83.5 Å². The van der Waals surface area contributed by atoms with Gasteiger partial charge in [-0.1, -0.05) is 209 Å². The van der Waals surface area contributed by atoms with Crippen molar-refractivity contribution in [1.82, 2.24) is 19.8 Å². The van der Waals surface area contributed by atoms with Gasteiger partial charge in [0.05, 0.1) is 91.7 Å². The van der Waals surface area contributed by atoms with Crippen LogP contribution in [0.2, 0.25) is 0 Å². The minimum atomic E-state index is -2.95. The lowest BCUT2D eigenvalue weighted by Crippen LogP contribution is -2.30. The van der Waals surface area contributed by atoms with E-state index >= 15 is 0 Å². The van der Waals surface area contributed by atoms with E-state index in [-0.39, 0.29) is 41.4 Å². The highest BCUT2D eigenvalue weighted by Crippen LogP contribution is 2.20. The number of aryl methyl sites for hydroxylation is 1. The van der Waals surface area contributed by atoms with E-state index in [1.807, 2.05) is 208 Å². The summed E-state index contributed by atoms with van der Waals surface area (Å²) in [5, 5.41) is 11.8. The summed E-state index contributed by atoms with van der Waals surface area (Å²) in [6.07, 6.45) is 5.08. The smallest absolute Gasteiger partial charge is 0.310 e. The van der Waals surface area contributed by atoms with Crippen LogP contribution in [0.5, 0.6) is 51.7 Å². The number of para-hydroxylation sites is 3. The highest BCUT2D eigenvalue weighted by atomic mass is 16.6. The van der Waals surface area contributed by atoms with E-state index in [2.05, 4.69) is 74.7 Å². The first-order valence-corrected chi connectivity index (χ1v) is 42.0. The van der Waals surface area contributed by atoms with Gasteiger partial charge in [0.2, 0.25) is 2.86 Å². The third kappa shape index (κ3) is 65.5. The zero-order chi connectivity index (χ0) is 117. The summed E-state index contributed by atoms with van der Waals surface area (Å²) < 4.78 is 182. The maximum absolute atomic E-state index is 11.5. The largest absolute Gasteiger partial charge is 0.497 e. The minimum absolute atomic E-state index is 0.000532. The summed E-state index contributed by atoms with van der Waals surface area (Å²) in [6, 6.07) is 77.9. The number of nitrogens with two attached hydrogens (primary N) is 1. The Balaban J connectivity index is 0. The number of methoxy groups -OCH3 is 9. The van der Waals surface area contributed by atoms with Gasteiger partial charge in [0.25, 0.3) is 0 Å². The maximum atomic E-state index is 11.5. The Morgan fingerprint density at radius 3 is 0.970 bits per heavy atom. The van der Waals surface area contributed by atoms with Gasteiger partial charge in [-0.25, -0.2) is 4.98 Å². The number of esters is 2. The summed E-state index contributed by atoms with van der Waals surface area (Å²) in [6.45, 7) is 20.3. The number of ether oxygens (including phenoxy) is 10. The number of aliphatic carboxylic acids is 1. The van der Waals surface area contributed by atoms with E-state index in [4.69, 9.17) is 70.2 Å². The molecule has 12 aromatic rings. The Hall–Kier alpha value is -14.0. The fraction of sp³-hybridized carbons (Fsp3) is 0.309. The Bertz CT molecular complexity index is 5510. The van der Waals surface area contributed by atoms with E-state index in [0.29, 0.717) is 37.2 Å². The van der Waals surface area contributed by atoms with Crippen molar-refractivity contribution < 1.29 is 115 Å². The van der Waals surface area contributed by atoms with Crippen LogP contribution in [-0.4, -0.2) is 158 Å². The molecule has 724 valence electrons. The molecule has 0 aliphatic heterocycles. The highest BCUT2D eigenvalue weighted by molar-refractivity contribution is 5.82. The molecule has 0 radical (unpaired) electrons. The van der Waals surface area contributed by atoms with Gasteiger partial charge in [-0.05, 0) is 228 Å². The van der Waals surface area contributed by atoms with Gasteiger partial charge < -0.3 is 78.5 Å². The molecule has 11 aromatic carbocycles. The number of carbonyl (C=O) groups excluding carboxylic acids is 6. The quantitative estimate of drug-likeness (QED) is 0.0303. The maximum Gasteiger partial charge on any atom is 0.310 e. The SMILES string of the molecule is CC(=O)OC(C)=O.CCN(CC)CC.COc1ccc(CC(=O)O)cc1.COc1ccc(CC(C)=O)cc1.COc1ccc(CC(C)=O)cc1.COc1ccc(CC(C)=O)cc1.COc1ccccc1.C[C@@H](N)c1ccccc1.Cn1ccnc1.[2H]C([2H])([2H])C(=O)C([2H])([2H])c1ccc(OC)cc1.[2H]C([2H])([2H])Oc1ccccc1.[2H]O[2H].[2H][C@@](C)(Cc1ccc(OC)cc1)N[C@H](C)c1ccccc1.[2H]c1c([2H])c([2H])c(OC([2H])([2H])[2H])c([2H])c1[2H]. The summed E-state index contributed by atoms with van der Waals surface area (Å²) in [5.41, 5.74) is 15.8. The van der Waals surface area contributed by atoms with Crippen LogP contribution in [-0.2, 0) is 83.8 Å². The molecule has 24 heteroatoms. The Morgan fingerprint density at radius 1 is 0.433 bits per heavy atom. The number of carbonyl (C=O) groups is 7. The molecule has 6 N–H and O–H groups in total. The second-order valence-corrected chi connectivity index (χ2v) is 28.0. The molecule has 134 heavy (non-hydrogen) atoms. The molecule has 0 amide bonds. The molecule has 12 rings (SSSR count). The van der Waals surface area contributed by atoms with Crippen molar-refractivity contribution in [2.45, 2.75) is 140 Å². The molecule has 0 saturated heterocycles. The molecular formula is C110H145N5O19. The number of nitrogens with one attached hydrogen (secondary N) is 1. The van der Waals surface area contributed by atoms with Gasteiger partial charge in [0, 0.05) is 85.3 Å². The Kier molecular flexibility index (Phi) is 52.5. The monoisotopic (exact) mass is 1860 g/mol. The summed E-state index contributed by atoms with van der Waals surface area (Å²) in [7, 11) is 7.97. The van der Waals surface area contributed by atoms with Crippen molar-refractivity contribution in [3.63, 3.8) is 0 Å². The van der Waals surface area contributed by atoms with Crippen LogP contribution in [0.4, 0.5) is 0 Å². The molecule has 3 atom stereocenters. The fourth-order valence-electron chi connectivity index (χ4n) is 10.4. The van der Waals surface area contributed by atoms with Gasteiger partial charge in [-0.2, -0.15) is 0 Å². The van der Waals surface area contributed by atoms with Crippen molar-refractivity contribution in [2.24, 2.45) is 12.8 Å². The molecule has 0 unspecified atom stereocenters. The van der Waals surface area contributed by atoms with E-state index in [1.54, 1.807) is 131 Å². The van der Waals surface area contributed by atoms with Crippen molar-refractivity contribution in [1.29, 1.82) is 2.86 Å². The van der Waals surface area contributed by atoms with Crippen LogP contribution in [0.25, 0.3) is 0 Å². The summed E-state index contributed by atoms with van der Waals surface area (Å²) in [5.74, 6) is 2.35. The molecule has 1 aromatic heterocycles. The molecule has 0 saturated carbocycles. The molecule has 0 aliphatic rings. The number of benzene rings is 11. The highest BCUT2D eigenvalue weighted by Gasteiger charge is 2.11. The number of imidazole rings is 1. The number of hydrogen-bond acceptors (Lipinski definition) is 21. The van der Waals surface area contributed by atoms with Crippen LogP contribution < -0.4 is 53.7 Å². The lowest BCUT2D eigenvalue weighted by molar-refractivity contribution is -0.156. The average molecular weight is 1860 g/mol. The predicted octanol–water partition coefficient (Wildman–Crippen LogP) is 20.4. The normalized spacial score (nSPS) is 12.7. The molecule has 24 nitrogen and oxygen atoms in total. The van der Waals surface area contributed by atoms with Crippen LogP contribution in [0, 0.1) is 0 Å². The second kappa shape index (κ2) is 77.7. The average Bonchev–Trinajstić information content (AvgIpc) is 1.06. The fourth-order valence-corrected chi connectivity index (χ4v) is 10.4. The number of aromatic nitrogens is 2. The Morgan fingerprint density at radius 2 is 0.731 bits per heavy atom. The molecule has 0 bridgehead atoms. The van der Waals surface area contributed by atoms with Crippen LogP contribution in [0.3, 0.4) is 0 Å². The lowest BCUT2D eigenvalue weighted by Gasteiger charge is -2.20. The zero-order valence-electron chi connectivity index (χ0n) is 99.2. The molecule has 0 aliphatic carbocycles.